The summed E-state index contributed by atoms with van der Waals surface area (Å²) >= 11 is 1.77. The van der Waals surface area contributed by atoms with Crippen molar-refractivity contribution in [3.63, 3.8) is 0 Å². The Labute approximate surface area is 105 Å². The van der Waals surface area contributed by atoms with Crippen LogP contribution in [0.4, 0.5) is 0 Å². The Balaban J connectivity index is 2.44. The number of nitriles is 1. The second-order valence-corrected chi connectivity index (χ2v) is 4.91. The van der Waals surface area contributed by atoms with Gasteiger partial charge in [0.25, 0.3) is 5.91 Å². The molecule has 1 heterocycles. The van der Waals surface area contributed by atoms with Gasteiger partial charge in [0.2, 0.25) is 0 Å². The fraction of sp³-hybridized carbons (Fsp3) is 0.417. The molecule has 1 aromatic heterocycles. The summed E-state index contributed by atoms with van der Waals surface area (Å²) in [6.07, 6.45) is 4.39. The molecule has 0 saturated carbocycles. The van der Waals surface area contributed by atoms with Gasteiger partial charge in [0.05, 0.1) is 5.56 Å². The Hall–Kier alpha value is -1.54. The van der Waals surface area contributed by atoms with Gasteiger partial charge in [-0.15, -0.1) is 0 Å². The van der Waals surface area contributed by atoms with E-state index in [4.69, 9.17) is 5.26 Å². The van der Waals surface area contributed by atoms with Crippen LogP contribution in [0.15, 0.2) is 18.3 Å². The fourth-order valence-corrected chi connectivity index (χ4v) is 1.55. The minimum atomic E-state index is -0.192. The van der Waals surface area contributed by atoms with E-state index in [0.717, 1.165) is 6.42 Å². The second-order valence-electron chi connectivity index (χ2n) is 3.63. The van der Waals surface area contributed by atoms with Crippen molar-refractivity contribution in [2.24, 2.45) is 0 Å². The average Bonchev–Trinajstić information content (AvgIpc) is 2.38. The number of hydrogen-bond donors (Lipinski definition) is 1. The summed E-state index contributed by atoms with van der Waals surface area (Å²) in [6.45, 7) is 2.76. The standard InChI is InChI=1S/C12H15N3OS/c1-9(17-2)5-6-14-12(16)11-4-3-10(7-13)8-15-11/h3-4,8-9H,5-6H2,1-2H3,(H,14,16). The van der Waals surface area contributed by atoms with Crippen LogP contribution >= 0.6 is 11.8 Å². The van der Waals surface area contributed by atoms with Gasteiger partial charge in [0.15, 0.2) is 0 Å². The molecule has 1 unspecified atom stereocenters. The molecule has 0 aromatic carbocycles. The van der Waals surface area contributed by atoms with E-state index in [-0.39, 0.29) is 5.91 Å². The first kappa shape index (κ1) is 13.5. The van der Waals surface area contributed by atoms with Gasteiger partial charge in [-0.25, -0.2) is 4.98 Å². The van der Waals surface area contributed by atoms with Crippen molar-refractivity contribution >= 4 is 17.7 Å². The number of thioether (sulfide) groups is 1. The summed E-state index contributed by atoms with van der Waals surface area (Å²) in [5.41, 5.74) is 0.804. The molecule has 1 atom stereocenters. The zero-order valence-corrected chi connectivity index (χ0v) is 10.8. The van der Waals surface area contributed by atoms with Gasteiger partial charge in [-0.3, -0.25) is 4.79 Å². The number of pyridine rings is 1. The predicted molar refractivity (Wildman–Crippen MR) is 68.9 cm³/mol. The lowest BCUT2D eigenvalue weighted by molar-refractivity contribution is 0.0948. The Morgan fingerprint density at radius 1 is 1.65 bits per heavy atom. The lowest BCUT2D eigenvalue weighted by Gasteiger charge is -2.08. The highest BCUT2D eigenvalue weighted by molar-refractivity contribution is 7.99. The van der Waals surface area contributed by atoms with Gasteiger partial charge in [0.1, 0.15) is 11.8 Å². The van der Waals surface area contributed by atoms with Gasteiger partial charge in [-0.1, -0.05) is 6.92 Å². The maximum absolute atomic E-state index is 11.7. The molecule has 0 aliphatic heterocycles. The molecule has 0 fully saturated rings. The summed E-state index contributed by atoms with van der Waals surface area (Å²) in [6, 6.07) is 5.11. The third-order valence-electron chi connectivity index (χ3n) is 2.36. The predicted octanol–water partition coefficient (Wildman–Crippen LogP) is 1.82. The van der Waals surface area contributed by atoms with Crippen LogP contribution in [0.1, 0.15) is 29.4 Å². The topological polar surface area (TPSA) is 65.8 Å². The zero-order chi connectivity index (χ0) is 12.7. The first-order valence-corrected chi connectivity index (χ1v) is 6.63. The highest BCUT2D eigenvalue weighted by Crippen LogP contribution is 2.08. The van der Waals surface area contributed by atoms with Crippen LogP contribution in [0.25, 0.3) is 0 Å². The van der Waals surface area contributed by atoms with E-state index in [9.17, 15) is 4.79 Å². The molecule has 90 valence electrons. The van der Waals surface area contributed by atoms with Gasteiger partial charge < -0.3 is 5.32 Å². The highest BCUT2D eigenvalue weighted by atomic mass is 32.2. The summed E-state index contributed by atoms with van der Waals surface area (Å²) in [5, 5.41) is 11.9. The molecule has 0 aliphatic carbocycles. The van der Waals surface area contributed by atoms with Gasteiger partial charge in [0, 0.05) is 18.0 Å². The molecule has 4 nitrogen and oxygen atoms in total. The van der Waals surface area contributed by atoms with Crippen molar-refractivity contribution in [3.8, 4) is 6.07 Å². The fourth-order valence-electron chi connectivity index (χ4n) is 1.19. The van der Waals surface area contributed by atoms with Gasteiger partial charge in [-0.2, -0.15) is 17.0 Å². The lowest BCUT2D eigenvalue weighted by Crippen LogP contribution is -2.26. The van der Waals surface area contributed by atoms with Crippen molar-refractivity contribution < 1.29 is 4.79 Å². The monoisotopic (exact) mass is 249 g/mol. The molecule has 0 spiro atoms. The molecule has 0 radical (unpaired) electrons. The Morgan fingerprint density at radius 3 is 2.94 bits per heavy atom. The number of aromatic nitrogens is 1. The van der Waals surface area contributed by atoms with Crippen LogP contribution in [0.5, 0.6) is 0 Å². The van der Waals surface area contributed by atoms with Gasteiger partial charge >= 0.3 is 0 Å². The summed E-state index contributed by atoms with van der Waals surface area (Å²) in [5.74, 6) is -0.192. The molecule has 0 aliphatic rings. The smallest absolute Gasteiger partial charge is 0.269 e. The van der Waals surface area contributed by atoms with E-state index in [1.165, 1.54) is 6.20 Å². The van der Waals surface area contributed by atoms with Crippen molar-refractivity contribution in [1.82, 2.24) is 10.3 Å². The summed E-state index contributed by atoms with van der Waals surface area (Å²) in [7, 11) is 0. The van der Waals surface area contributed by atoms with E-state index in [0.29, 0.717) is 23.1 Å². The zero-order valence-electron chi connectivity index (χ0n) is 9.93. The highest BCUT2D eigenvalue weighted by Gasteiger charge is 2.07. The number of amides is 1. The average molecular weight is 249 g/mol. The van der Waals surface area contributed by atoms with Crippen molar-refractivity contribution in [2.45, 2.75) is 18.6 Å². The van der Waals surface area contributed by atoms with Crippen LogP contribution in [0, 0.1) is 11.3 Å². The molecule has 1 aromatic rings. The van der Waals surface area contributed by atoms with E-state index >= 15 is 0 Å². The SMILES string of the molecule is CSC(C)CCNC(=O)c1ccc(C#N)cn1. The van der Waals surface area contributed by atoms with Crippen LogP contribution in [0.3, 0.4) is 0 Å². The summed E-state index contributed by atoms with van der Waals surface area (Å²) < 4.78 is 0. The lowest BCUT2D eigenvalue weighted by atomic mass is 10.2. The molecule has 0 saturated heterocycles. The van der Waals surface area contributed by atoms with E-state index in [1.807, 2.05) is 6.07 Å². The number of nitrogens with zero attached hydrogens (tertiary/aromatic N) is 2. The molecule has 0 bridgehead atoms. The minimum Gasteiger partial charge on any atom is -0.351 e. The first-order chi connectivity index (χ1) is 8.17. The molecule has 1 rings (SSSR count). The maximum atomic E-state index is 11.7. The number of carbonyl (C=O) groups is 1. The second kappa shape index (κ2) is 6.92. The Bertz CT molecular complexity index is 411. The third-order valence-corrected chi connectivity index (χ3v) is 3.40. The van der Waals surface area contributed by atoms with Crippen LogP contribution in [-0.4, -0.2) is 28.9 Å². The maximum Gasteiger partial charge on any atom is 0.269 e. The largest absolute Gasteiger partial charge is 0.351 e. The van der Waals surface area contributed by atoms with Crippen LogP contribution in [0.2, 0.25) is 0 Å². The minimum absolute atomic E-state index is 0.192. The number of carbonyl (C=O) groups excluding carboxylic acids is 1. The van der Waals surface area contributed by atoms with E-state index < -0.39 is 0 Å². The molecular formula is C12H15N3OS. The van der Waals surface area contributed by atoms with Crippen molar-refractivity contribution in [3.05, 3.63) is 29.6 Å². The molecule has 1 amide bonds. The third kappa shape index (κ3) is 4.45. The number of nitrogens with one attached hydrogen (secondary N) is 1. The molecular weight excluding hydrogens is 234 g/mol. The number of hydrogen-bond acceptors (Lipinski definition) is 4. The normalized spacial score (nSPS) is 11.6. The summed E-state index contributed by atoms with van der Waals surface area (Å²) in [4.78, 5) is 15.6. The Morgan fingerprint density at radius 2 is 2.41 bits per heavy atom. The molecule has 1 N–H and O–H groups in total. The van der Waals surface area contributed by atoms with E-state index in [2.05, 4.69) is 23.5 Å². The first-order valence-electron chi connectivity index (χ1n) is 5.34. The quantitative estimate of drug-likeness (QED) is 0.864. The van der Waals surface area contributed by atoms with Gasteiger partial charge in [-0.05, 0) is 24.8 Å². The molecule has 17 heavy (non-hydrogen) atoms. The van der Waals surface area contributed by atoms with Crippen molar-refractivity contribution in [1.29, 1.82) is 5.26 Å². The van der Waals surface area contributed by atoms with E-state index in [1.54, 1.807) is 23.9 Å². The van der Waals surface area contributed by atoms with Crippen LogP contribution in [-0.2, 0) is 0 Å². The van der Waals surface area contributed by atoms with Crippen LogP contribution < -0.4 is 5.32 Å². The molecule has 5 heteroatoms. The Kier molecular flexibility index (Phi) is 5.50. The number of rotatable bonds is 5. The van der Waals surface area contributed by atoms with Crippen molar-refractivity contribution in [2.75, 3.05) is 12.8 Å².